The van der Waals surface area contributed by atoms with Crippen molar-refractivity contribution in [2.24, 2.45) is 0 Å². The number of fused-ring (bicyclic) bond motifs is 1. The first kappa shape index (κ1) is 32.8. The average molecular weight is 627 g/mol. The Balaban J connectivity index is 1.20. The van der Waals surface area contributed by atoms with Gasteiger partial charge in [0, 0.05) is 36.0 Å². The molecule has 3 aromatic carbocycles. The van der Waals surface area contributed by atoms with Crippen molar-refractivity contribution in [3.8, 4) is 11.5 Å². The first-order valence-corrected chi connectivity index (χ1v) is 15.7. The molecule has 242 valence electrons. The number of benzene rings is 3. The number of nitrogens with zero attached hydrogens (tertiary/aromatic N) is 2. The van der Waals surface area contributed by atoms with Crippen LogP contribution in [-0.2, 0) is 20.8 Å². The van der Waals surface area contributed by atoms with Crippen molar-refractivity contribution in [3.63, 3.8) is 0 Å². The number of carbonyl (C=O) groups excluding carboxylic acids is 2. The number of carbonyl (C=O) groups is 2. The smallest absolute Gasteiger partial charge is 0.410 e. The molecule has 4 aromatic rings. The number of rotatable bonds is 11. The highest BCUT2D eigenvalue weighted by atomic mass is 16.6. The molecule has 9 heteroatoms. The van der Waals surface area contributed by atoms with Gasteiger partial charge in [-0.25, -0.2) is 9.59 Å². The van der Waals surface area contributed by atoms with E-state index in [-0.39, 0.29) is 12.5 Å². The fourth-order valence-electron chi connectivity index (χ4n) is 5.48. The van der Waals surface area contributed by atoms with Crippen molar-refractivity contribution in [1.29, 1.82) is 0 Å². The Morgan fingerprint density at radius 3 is 2.54 bits per heavy atom. The van der Waals surface area contributed by atoms with Crippen molar-refractivity contribution < 1.29 is 33.3 Å². The Morgan fingerprint density at radius 1 is 0.957 bits per heavy atom. The molecule has 0 radical (unpaired) electrons. The van der Waals surface area contributed by atoms with Crippen LogP contribution in [0.25, 0.3) is 10.9 Å². The Bertz CT molecular complexity index is 1620. The average Bonchev–Trinajstić information content (AvgIpc) is 3.05. The predicted octanol–water partition coefficient (Wildman–Crippen LogP) is 7.18. The molecule has 2 unspecified atom stereocenters. The molecule has 2 heterocycles. The molecule has 1 aliphatic rings. The van der Waals surface area contributed by atoms with Gasteiger partial charge in [0.2, 0.25) is 0 Å². The van der Waals surface area contributed by atoms with Crippen molar-refractivity contribution in [2.75, 3.05) is 33.4 Å². The second-order valence-electron chi connectivity index (χ2n) is 12.3. The van der Waals surface area contributed by atoms with Crippen LogP contribution in [0.1, 0.15) is 61.0 Å². The van der Waals surface area contributed by atoms with E-state index in [0.29, 0.717) is 43.9 Å². The van der Waals surface area contributed by atoms with Crippen LogP contribution in [0.4, 0.5) is 4.79 Å². The molecule has 1 fully saturated rings. The largest absolute Gasteiger partial charge is 0.496 e. The molecule has 0 saturated carbocycles. The summed E-state index contributed by atoms with van der Waals surface area (Å²) in [6.45, 7) is 7.78. The van der Waals surface area contributed by atoms with Crippen LogP contribution < -0.4 is 9.47 Å². The number of para-hydroxylation sites is 1. The molecule has 1 aromatic heterocycles. The summed E-state index contributed by atoms with van der Waals surface area (Å²) < 4.78 is 28.9. The number of hydrogen-bond donors (Lipinski definition) is 0. The van der Waals surface area contributed by atoms with Crippen LogP contribution in [0.15, 0.2) is 85.1 Å². The van der Waals surface area contributed by atoms with E-state index in [0.717, 1.165) is 34.4 Å². The van der Waals surface area contributed by atoms with Crippen LogP contribution in [0, 0.1) is 0 Å². The molecular weight excluding hydrogens is 584 g/mol. The van der Waals surface area contributed by atoms with Crippen LogP contribution in [0.2, 0.25) is 0 Å². The van der Waals surface area contributed by atoms with E-state index in [2.05, 4.69) is 4.98 Å². The number of methoxy groups -OCH3 is 1. The molecule has 2 atom stereocenters. The van der Waals surface area contributed by atoms with E-state index in [4.69, 9.17) is 23.7 Å². The molecule has 46 heavy (non-hydrogen) atoms. The third-order valence-corrected chi connectivity index (χ3v) is 7.77. The minimum atomic E-state index is -0.629. The van der Waals surface area contributed by atoms with Gasteiger partial charge < -0.3 is 28.6 Å². The van der Waals surface area contributed by atoms with E-state index in [1.54, 1.807) is 30.3 Å². The molecule has 1 aliphatic heterocycles. The molecule has 0 N–H and O–H groups in total. The highest BCUT2D eigenvalue weighted by Gasteiger charge is 2.37. The third-order valence-electron chi connectivity index (χ3n) is 7.77. The summed E-state index contributed by atoms with van der Waals surface area (Å²) in [6.07, 6.45) is 2.05. The number of pyridine rings is 1. The van der Waals surface area contributed by atoms with E-state index < -0.39 is 23.8 Å². The minimum Gasteiger partial charge on any atom is -0.496 e. The molecule has 1 amide bonds. The first-order chi connectivity index (χ1) is 22.2. The van der Waals surface area contributed by atoms with Crippen LogP contribution in [0.3, 0.4) is 0 Å². The van der Waals surface area contributed by atoms with Crippen LogP contribution in [0.5, 0.6) is 11.5 Å². The maximum Gasteiger partial charge on any atom is 0.410 e. The second-order valence-corrected chi connectivity index (χ2v) is 12.3. The number of aromatic nitrogens is 1. The molecule has 9 nitrogen and oxygen atoms in total. The van der Waals surface area contributed by atoms with Crippen molar-refractivity contribution >= 4 is 23.0 Å². The van der Waals surface area contributed by atoms with Crippen LogP contribution in [-0.4, -0.2) is 67.1 Å². The lowest BCUT2D eigenvalue weighted by molar-refractivity contribution is -0.0182. The van der Waals surface area contributed by atoms with Gasteiger partial charge in [0.15, 0.2) is 0 Å². The summed E-state index contributed by atoms with van der Waals surface area (Å²) in [5, 5.41) is 0.938. The summed E-state index contributed by atoms with van der Waals surface area (Å²) in [6, 6.07) is 24.8. The van der Waals surface area contributed by atoms with E-state index >= 15 is 0 Å². The van der Waals surface area contributed by atoms with E-state index in [9.17, 15) is 9.59 Å². The molecular formula is C37H42N2O7. The molecule has 5 rings (SSSR count). The number of piperidine rings is 1. The summed E-state index contributed by atoms with van der Waals surface area (Å²) in [5.74, 6) is 0.995. The Morgan fingerprint density at radius 2 is 1.76 bits per heavy atom. The zero-order valence-corrected chi connectivity index (χ0v) is 26.9. The maximum absolute atomic E-state index is 13.4. The van der Waals surface area contributed by atoms with Gasteiger partial charge in [0.1, 0.15) is 23.2 Å². The van der Waals surface area contributed by atoms with Gasteiger partial charge in [0.25, 0.3) is 0 Å². The van der Waals surface area contributed by atoms with Gasteiger partial charge in [-0.2, -0.15) is 0 Å². The third kappa shape index (κ3) is 8.75. The van der Waals surface area contributed by atoms with Crippen molar-refractivity contribution in [1.82, 2.24) is 9.88 Å². The highest BCUT2D eigenvalue weighted by Crippen LogP contribution is 2.33. The first-order valence-electron chi connectivity index (χ1n) is 15.7. The van der Waals surface area contributed by atoms with Gasteiger partial charge in [-0.1, -0.05) is 42.5 Å². The summed E-state index contributed by atoms with van der Waals surface area (Å²) in [5.41, 5.74) is 2.52. The Kier molecular flexibility index (Phi) is 10.8. The Hall–Kier alpha value is -4.63. The number of hydrogen-bond acceptors (Lipinski definition) is 8. The monoisotopic (exact) mass is 626 g/mol. The fraction of sp³-hybridized carbons (Fsp3) is 0.378. The molecule has 0 spiro atoms. The fourth-order valence-corrected chi connectivity index (χ4v) is 5.48. The van der Waals surface area contributed by atoms with Gasteiger partial charge in [0.05, 0.1) is 44.6 Å². The zero-order chi connectivity index (χ0) is 32.5. The molecule has 1 saturated heterocycles. The summed E-state index contributed by atoms with van der Waals surface area (Å²) in [7, 11) is 1.65. The predicted molar refractivity (Wildman–Crippen MR) is 175 cm³/mol. The van der Waals surface area contributed by atoms with Gasteiger partial charge in [-0.15, -0.1) is 0 Å². The number of esters is 1. The van der Waals surface area contributed by atoms with E-state index in [1.165, 1.54) is 0 Å². The molecule has 0 aliphatic carbocycles. The second kappa shape index (κ2) is 15.1. The normalized spacial score (nSPS) is 16.6. The summed E-state index contributed by atoms with van der Waals surface area (Å²) in [4.78, 5) is 32.3. The number of ether oxygens (including phenoxy) is 5. The lowest BCUT2D eigenvalue weighted by atomic mass is 9.87. The molecule has 0 bridgehead atoms. The quantitative estimate of drug-likeness (QED) is 0.128. The lowest BCUT2D eigenvalue weighted by Crippen LogP contribution is -2.49. The van der Waals surface area contributed by atoms with E-state index in [1.807, 2.05) is 87.5 Å². The van der Waals surface area contributed by atoms with Crippen molar-refractivity contribution in [2.45, 2.75) is 57.8 Å². The topological polar surface area (TPSA) is 96.4 Å². The number of amides is 1. The van der Waals surface area contributed by atoms with Crippen molar-refractivity contribution in [3.05, 3.63) is 102 Å². The standard InChI is InChI=1S/C37H42N2O7/c1-37(2,3)46-36(41)39-20-18-31(34(24-39)45-35(40)28-13-12-27-10-7-19-38-32(27)23-28)26-14-16-30(17-15-26)44-22-8-21-43-25-29-9-5-6-11-33(29)42-4/h5-7,9-17,19,23,31,34H,8,18,20-22,24-25H2,1-4H3. The SMILES string of the molecule is COc1ccccc1COCCCOc1ccc(C2CCN(C(=O)OC(C)(C)C)CC2OC(=O)c2ccc3cccnc3c2)cc1. The lowest BCUT2D eigenvalue weighted by Gasteiger charge is -2.38. The Labute approximate surface area is 270 Å². The van der Waals surface area contributed by atoms with Gasteiger partial charge >= 0.3 is 12.1 Å². The highest BCUT2D eigenvalue weighted by molar-refractivity contribution is 5.94. The van der Waals surface area contributed by atoms with Gasteiger partial charge in [-0.05, 0) is 69.2 Å². The van der Waals surface area contributed by atoms with Crippen LogP contribution >= 0.6 is 0 Å². The minimum absolute atomic E-state index is 0.112. The van der Waals surface area contributed by atoms with Gasteiger partial charge in [-0.3, -0.25) is 4.98 Å². The maximum atomic E-state index is 13.4. The summed E-state index contributed by atoms with van der Waals surface area (Å²) >= 11 is 0. The number of likely N-dealkylation sites (tertiary alicyclic amines) is 1. The zero-order valence-electron chi connectivity index (χ0n) is 26.9.